The number of sulfone groups is 1. The van der Waals surface area contributed by atoms with E-state index in [0.717, 1.165) is 21.3 Å². The summed E-state index contributed by atoms with van der Waals surface area (Å²) in [5, 5.41) is 3.24. The second-order valence-electron chi connectivity index (χ2n) is 6.10. The van der Waals surface area contributed by atoms with Crippen molar-refractivity contribution in [3.63, 3.8) is 0 Å². The third-order valence-electron chi connectivity index (χ3n) is 3.86. The number of benzene rings is 2. The Morgan fingerprint density at radius 3 is 2.57 bits per heavy atom. The molecule has 1 amide bonds. The molecule has 0 unspecified atom stereocenters. The van der Waals surface area contributed by atoms with Gasteiger partial charge in [0.05, 0.1) is 33.9 Å². The Bertz CT molecular complexity index is 1070. The van der Waals surface area contributed by atoms with Crippen LogP contribution in [0.4, 0.5) is 14.5 Å². The molecule has 28 heavy (non-hydrogen) atoms. The van der Waals surface area contributed by atoms with Crippen molar-refractivity contribution < 1.29 is 22.0 Å². The van der Waals surface area contributed by atoms with Gasteiger partial charge in [-0.05, 0) is 31.3 Å². The van der Waals surface area contributed by atoms with Gasteiger partial charge in [0.25, 0.3) is 0 Å². The van der Waals surface area contributed by atoms with Gasteiger partial charge in [-0.1, -0.05) is 24.3 Å². The Hall–Kier alpha value is -2.43. The summed E-state index contributed by atoms with van der Waals surface area (Å²) in [4.78, 5) is 17.9. The van der Waals surface area contributed by atoms with Crippen LogP contribution in [0.5, 0.6) is 0 Å². The lowest BCUT2D eigenvalue weighted by Gasteiger charge is -2.16. The monoisotopic (exact) mass is 425 g/mol. The fraction of sp³-hybridized carbons (Fsp3) is 0.222. The van der Waals surface area contributed by atoms with Crippen molar-refractivity contribution in [3.8, 4) is 0 Å². The molecule has 0 spiro atoms. The zero-order chi connectivity index (χ0) is 20.3. The molecule has 0 aliphatic heterocycles. The first kappa shape index (κ1) is 20.3. The number of likely N-dealkylation sites (N-methyl/N-ethyl adjacent to an activating group) is 1. The number of para-hydroxylation sites is 2. The van der Waals surface area contributed by atoms with Crippen molar-refractivity contribution in [3.05, 3.63) is 53.5 Å². The highest BCUT2D eigenvalue weighted by molar-refractivity contribution is 7.91. The molecule has 10 heteroatoms. The lowest BCUT2D eigenvalue weighted by molar-refractivity contribution is -0.117. The van der Waals surface area contributed by atoms with Gasteiger partial charge in [0, 0.05) is 0 Å². The molecule has 0 saturated carbocycles. The minimum absolute atomic E-state index is 0.0566. The van der Waals surface area contributed by atoms with E-state index in [1.807, 2.05) is 24.3 Å². The number of halogens is 2. The maximum atomic E-state index is 12.8. The molecule has 1 heterocycles. The Kier molecular flexibility index (Phi) is 6.01. The van der Waals surface area contributed by atoms with Crippen LogP contribution in [0.25, 0.3) is 10.2 Å². The summed E-state index contributed by atoms with van der Waals surface area (Å²) in [6.07, 6.45) is 0. The highest BCUT2D eigenvalue weighted by atomic mass is 32.2. The summed E-state index contributed by atoms with van der Waals surface area (Å²) >= 11 is 1.52. The van der Waals surface area contributed by atoms with Crippen LogP contribution >= 0.6 is 11.3 Å². The van der Waals surface area contributed by atoms with Crippen molar-refractivity contribution in [1.82, 2.24) is 9.88 Å². The number of carbonyl (C=O) groups is 1. The molecule has 0 fully saturated rings. The van der Waals surface area contributed by atoms with Gasteiger partial charge >= 0.3 is 5.76 Å². The second-order valence-corrected chi connectivity index (χ2v) is 9.10. The number of anilines is 1. The van der Waals surface area contributed by atoms with E-state index in [-0.39, 0.29) is 12.2 Å². The zero-order valence-corrected chi connectivity index (χ0v) is 16.4. The number of alkyl halides is 2. The first-order valence-corrected chi connectivity index (χ1v) is 10.6. The van der Waals surface area contributed by atoms with Gasteiger partial charge in [-0.15, -0.1) is 11.3 Å². The number of carbonyl (C=O) groups excluding carboxylic acids is 1. The summed E-state index contributed by atoms with van der Waals surface area (Å²) in [5.74, 6) is -4.08. The number of thiazole rings is 1. The average molecular weight is 425 g/mol. The van der Waals surface area contributed by atoms with Gasteiger partial charge in [-0.3, -0.25) is 9.69 Å². The fourth-order valence-corrected chi connectivity index (χ4v) is 4.56. The molecule has 2 aromatic carbocycles. The van der Waals surface area contributed by atoms with E-state index in [2.05, 4.69) is 10.3 Å². The molecule has 3 aromatic rings. The van der Waals surface area contributed by atoms with Crippen LogP contribution < -0.4 is 5.32 Å². The van der Waals surface area contributed by atoms with E-state index < -0.39 is 26.4 Å². The highest BCUT2D eigenvalue weighted by Crippen LogP contribution is 2.26. The smallest absolute Gasteiger partial charge is 0.324 e. The maximum absolute atomic E-state index is 12.8. The standard InChI is InChI=1S/C18H17F2N3O3S2/c1-23(11-17-22-12-6-2-4-8-14(12)27-17)10-16(24)21-13-7-3-5-9-15(13)28(25,26)18(19)20/h2-9,18H,10-11H2,1H3,(H,21,24). The van der Waals surface area contributed by atoms with E-state index in [1.54, 1.807) is 11.9 Å². The topological polar surface area (TPSA) is 79.4 Å². The van der Waals surface area contributed by atoms with Crippen molar-refractivity contribution >= 4 is 43.0 Å². The number of hydrogen-bond acceptors (Lipinski definition) is 6. The predicted molar refractivity (Wildman–Crippen MR) is 104 cm³/mol. The number of aromatic nitrogens is 1. The molecule has 148 valence electrons. The number of nitrogens with one attached hydrogen (secondary N) is 1. The summed E-state index contributed by atoms with van der Waals surface area (Å²) in [7, 11) is -3.10. The lowest BCUT2D eigenvalue weighted by atomic mass is 10.3. The van der Waals surface area contributed by atoms with Crippen molar-refractivity contribution in [2.45, 2.75) is 17.2 Å². The highest BCUT2D eigenvalue weighted by Gasteiger charge is 2.29. The van der Waals surface area contributed by atoms with E-state index >= 15 is 0 Å². The normalized spacial score (nSPS) is 12.0. The van der Waals surface area contributed by atoms with Gasteiger partial charge in [-0.25, -0.2) is 13.4 Å². The van der Waals surface area contributed by atoms with Crippen LogP contribution in [0.2, 0.25) is 0 Å². The first-order chi connectivity index (χ1) is 13.3. The summed E-state index contributed by atoms with van der Waals surface area (Å²) < 4.78 is 50.3. The number of amides is 1. The van der Waals surface area contributed by atoms with Crippen LogP contribution in [0.15, 0.2) is 53.4 Å². The van der Waals surface area contributed by atoms with Gasteiger partial charge in [0.1, 0.15) is 5.01 Å². The molecule has 6 nitrogen and oxygen atoms in total. The minimum Gasteiger partial charge on any atom is -0.324 e. The van der Waals surface area contributed by atoms with Gasteiger partial charge in [0.15, 0.2) is 0 Å². The van der Waals surface area contributed by atoms with Crippen LogP contribution in [-0.4, -0.2) is 43.6 Å². The van der Waals surface area contributed by atoms with Crippen molar-refractivity contribution in [2.75, 3.05) is 18.9 Å². The molecule has 0 bridgehead atoms. The Morgan fingerprint density at radius 1 is 1.18 bits per heavy atom. The first-order valence-electron chi connectivity index (χ1n) is 8.21. The number of fused-ring (bicyclic) bond motifs is 1. The average Bonchev–Trinajstić information content (AvgIpc) is 3.03. The molecule has 0 radical (unpaired) electrons. The summed E-state index contributed by atoms with van der Waals surface area (Å²) in [5.41, 5.74) is 0.715. The van der Waals surface area contributed by atoms with E-state index in [4.69, 9.17) is 0 Å². The molecule has 0 aliphatic rings. The fourth-order valence-electron chi connectivity index (χ4n) is 2.62. The molecule has 1 N–H and O–H groups in total. The summed E-state index contributed by atoms with van der Waals surface area (Å²) in [6.45, 7) is 0.364. The maximum Gasteiger partial charge on any atom is 0.341 e. The molecular formula is C18H17F2N3O3S2. The van der Waals surface area contributed by atoms with Crippen molar-refractivity contribution in [2.24, 2.45) is 0 Å². The second kappa shape index (κ2) is 8.29. The number of rotatable bonds is 7. The summed E-state index contributed by atoms with van der Waals surface area (Å²) in [6, 6.07) is 12.8. The number of hydrogen-bond donors (Lipinski definition) is 1. The molecule has 1 aromatic heterocycles. The minimum atomic E-state index is -4.82. The molecule has 3 rings (SSSR count). The molecular weight excluding hydrogens is 408 g/mol. The Labute approximate surface area is 164 Å². The molecule has 0 atom stereocenters. The van der Waals surface area contributed by atoms with Crippen LogP contribution in [0.1, 0.15) is 5.01 Å². The zero-order valence-electron chi connectivity index (χ0n) is 14.8. The molecule has 0 aliphatic carbocycles. The van der Waals surface area contributed by atoms with Gasteiger partial charge < -0.3 is 5.32 Å². The SMILES string of the molecule is CN(CC(=O)Nc1ccccc1S(=O)(=O)C(F)F)Cc1nc2ccccc2s1. The van der Waals surface area contributed by atoms with E-state index in [0.29, 0.717) is 6.54 Å². The van der Waals surface area contributed by atoms with E-state index in [9.17, 15) is 22.0 Å². The Morgan fingerprint density at radius 2 is 1.86 bits per heavy atom. The Balaban J connectivity index is 1.67. The van der Waals surface area contributed by atoms with Crippen LogP contribution in [0.3, 0.4) is 0 Å². The van der Waals surface area contributed by atoms with Crippen molar-refractivity contribution in [1.29, 1.82) is 0 Å². The third-order valence-corrected chi connectivity index (χ3v) is 6.32. The largest absolute Gasteiger partial charge is 0.341 e. The molecule has 0 saturated heterocycles. The van der Waals surface area contributed by atoms with E-state index in [1.165, 1.54) is 29.5 Å². The lowest BCUT2D eigenvalue weighted by Crippen LogP contribution is -2.30. The van der Waals surface area contributed by atoms with Gasteiger partial charge in [-0.2, -0.15) is 8.78 Å². The van der Waals surface area contributed by atoms with Crippen LogP contribution in [0, 0.1) is 0 Å². The predicted octanol–water partition coefficient (Wildman–Crippen LogP) is 3.36. The van der Waals surface area contributed by atoms with Crippen LogP contribution in [-0.2, 0) is 21.2 Å². The third kappa shape index (κ3) is 4.51. The number of nitrogens with zero attached hydrogens (tertiary/aromatic N) is 2. The quantitative estimate of drug-likeness (QED) is 0.628. The van der Waals surface area contributed by atoms with Gasteiger partial charge in [0.2, 0.25) is 15.7 Å².